The number of nitrogens with one attached hydrogen (secondary N) is 1. The van der Waals surface area contributed by atoms with E-state index in [9.17, 15) is 0 Å². The molecular weight excluding hydrogens is 276 g/mol. The topological polar surface area (TPSA) is 15.3 Å². The summed E-state index contributed by atoms with van der Waals surface area (Å²) >= 11 is 1.98. The molecule has 1 aliphatic carbocycles. The molecule has 21 heavy (non-hydrogen) atoms. The van der Waals surface area contributed by atoms with Gasteiger partial charge in [-0.25, -0.2) is 0 Å². The van der Waals surface area contributed by atoms with Crippen LogP contribution in [0.15, 0.2) is 12.1 Å². The molecule has 0 aliphatic heterocycles. The second-order valence-electron chi connectivity index (χ2n) is 7.86. The zero-order valence-electron chi connectivity index (χ0n) is 14.4. The quantitative estimate of drug-likeness (QED) is 0.752. The number of rotatable bonds is 8. The van der Waals surface area contributed by atoms with Gasteiger partial charge in [-0.15, -0.1) is 11.3 Å². The second-order valence-corrected chi connectivity index (χ2v) is 9.11. The van der Waals surface area contributed by atoms with Crippen molar-refractivity contribution in [1.82, 2.24) is 10.2 Å². The van der Waals surface area contributed by atoms with Crippen molar-refractivity contribution in [3.05, 3.63) is 21.9 Å². The van der Waals surface area contributed by atoms with Crippen molar-refractivity contribution in [3.8, 4) is 0 Å². The Morgan fingerprint density at radius 2 is 1.90 bits per heavy atom. The first kappa shape index (κ1) is 17.0. The summed E-state index contributed by atoms with van der Waals surface area (Å²) < 4.78 is 0. The molecule has 120 valence electrons. The van der Waals surface area contributed by atoms with Crippen molar-refractivity contribution in [2.75, 3.05) is 6.54 Å². The van der Waals surface area contributed by atoms with E-state index in [1.165, 1.54) is 35.6 Å². The summed E-state index contributed by atoms with van der Waals surface area (Å²) in [5, 5.41) is 3.58. The van der Waals surface area contributed by atoms with E-state index in [-0.39, 0.29) is 5.54 Å². The predicted octanol–water partition coefficient (Wildman–Crippen LogP) is 4.65. The Balaban J connectivity index is 1.84. The van der Waals surface area contributed by atoms with Crippen molar-refractivity contribution < 1.29 is 0 Å². The van der Waals surface area contributed by atoms with Crippen LogP contribution in [-0.4, -0.2) is 23.0 Å². The lowest BCUT2D eigenvalue weighted by molar-refractivity contribution is 0.241. The lowest BCUT2D eigenvalue weighted by Crippen LogP contribution is -2.34. The fraction of sp³-hybridized carbons (Fsp3) is 0.778. The maximum absolute atomic E-state index is 3.58. The minimum atomic E-state index is 0.196. The fourth-order valence-electron chi connectivity index (χ4n) is 2.41. The average Bonchev–Trinajstić information content (AvgIpc) is 3.12. The minimum Gasteiger partial charge on any atom is -0.307 e. The van der Waals surface area contributed by atoms with Gasteiger partial charge in [-0.1, -0.05) is 13.8 Å². The van der Waals surface area contributed by atoms with Crippen molar-refractivity contribution in [1.29, 1.82) is 0 Å². The van der Waals surface area contributed by atoms with E-state index < -0.39 is 0 Å². The van der Waals surface area contributed by atoms with Gasteiger partial charge in [-0.3, -0.25) is 4.90 Å². The van der Waals surface area contributed by atoms with Crippen molar-refractivity contribution >= 4 is 11.3 Å². The maximum Gasteiger partial charge on any atom is 0.0330 e. The third-order valence-electron chi connectivity index (χ3n) is 3.93. The first-order valence-electron chi connectivity index (χ1n) is 8.40. The van der Waals surface area contributed by atoms with Crippen molar-refractivity contribution in [3.63, 3.8) is 0 Å². The van der Waals surface area contributed by atoms with Crippen LogP contribution in [0.25, 0.3) is 0 Å². The Bertz CT molecular complexity index is 427. The smallest absolute Gasteiger partial charge is 0.0330 e. The minimum absolute atomic E-state index is 0.196. The van der Waals surface area contributed by atoms with Gasteiger partial charge in [0, 0.05) is 34.4 Å². The molecule has 1 fully saturated rings. The molecule has 1 aromatic rings. The van der Waals surface area contributed by atoms with E-state index in [4.69, 9.17) is 0 Å². The maximum atomic E-state index is 3.58. The number of hydrogen-bond donors (Lipinski definition) is 1. The van der Waals surface area contributed by atoms with E-state index in [1.54, 1.807) is 0 Å². The number of nitrogens with zero attached hydrogens (tertiary/aromatic N) is 1. The van der Waals surface area contributed by atoms with Crippen LogP contribution in [0, 0.1) is 5.92 Å². The molecule has 1 saturated carbocycles. The zero-order chi connectivity index (χ0) is 15.5. The lowest BCUT2D eigenvalue weighted by atomic mass is 10.1. The van der Waals surface area contributed by atoms with Crippen molar-refractivity contribution in [2.24, 2.45) is 5.92 Å². The summed E-state index contributed by atoms with van der Waals surface area (Å²) in [6.45, 7) is 14.7. The molecule has 1 aliphatic rings. The highest BCUT2D eigenvalue weighted by atomic mass is 32.1. The molecule has 1 N–H and O–H groups in total. The fourth-order valence-corrected chi connectivity index (χ4v) is 3.39. The van der Waals surface area contributed by atoms with Crippen LogP contribution in [0.3, 0.4) is 0 Å². The SMILES string of the molecule is CC(C)CCN(Cc1ccc(CNC(C)(C)C)s1)C1CC1. The summed E-state index contributed by atoms with van der Waals surface area (Å²) in [5.74, 6) is 0.807. The molecule has 1 heterocycles. The van der Waals surface area contributed by atoms with Crippen LogP contribution in [0.1, 0.15) is 63.6 Å². The van der Waals surface area contributed by atoms with Crippen LogP contribution in [0.4, 0.5) is 0 Å². The molecule has 0 spiro atoms. The molecule has 0 amide bonds. The molecule has 0 radical (unpaired) electrons. The van der Waals surface area contributed by atoms with Crippen LogP contribution >= 0.6 is 11.3 Å². The lowest BCUT2D eigenvalue weighted by Gasteiger charge is -2.22. The van der Waals surface area contributed by atoms with Gasteiger partial charge in [0.1, 0.15) is 0 Å². The van der Waals surface area contributed by atoms with Gasteiger partial charge >= 0.3 is 0 Å². The average molecular weight is 309 g/mol. The summed E-state index contributed by atoms with van der Waals surface area (Å²) in [5.41, 5.74) is 0.196. The zero-order valence-corrected chi connectivity index (χ0v) is 15.2. The largest absolute Gasteiger partial charge is 0.307 e. The normalized spacial score (nSPS) is 16.1. The Labute approximate surface area is 134 Å². The monoisotopic (exact) mass is 308 g/mol. The van der Waals surface area contributed by atoms with Gasteiger partial charge in [0.2, 0.25) is 0 Å². The molecule has 0 atom stereocenters. The van der Waals surface area contributed by atoms with E-state index in [1.807, 2.05) is 11.3 Å². The number of thiophene rings is 1. The Morgan fingerprint density at radius 3 is 2.48 bits per heavy atom. The number of hydrogen-bond acceptors (Lipinski definition) is 3. The van der Waals surface area contributed by atoms with Crippen LogP contribution in [-0.2, 0) is 13.1 Å². The van der Waals surface area contributed by atoms with Crippen molar-refractivity contribution in [2.45, 2.75) is 78.6 Å². The van der Waals surface area contributed by atoms with Gasteiger partial charge in [0.25, 0.3) is 0 Å². The Morgan fingerprint density at radius 1 is 1.24 bits per heavy atom. The van der Waals surface area contributed by atoms with Gasteiger partial charge in [0.05, 0.1) is 0 Å². The van der Waals surface area contributed by atoms with E-state index in [2.05, 4.69) is 57.0 Å². The summed E-state index contributed by atoms with van der Waals surface area (Å²) in [4.78, 5) is 5.68. The van der Waals surface area contributed by atoms with Crippen LogP contribution in [0.2, 0.25) is 0 Å². The summed E-state index contributed by atoms with van der Waals surface area (Å²) in [6.07, 6.45) is 4.13. The Kier molecular flexibility index (Phi) is 5.87. The first-order chi connectivity index (χ1) is 9.83. The highest BCUT2D eigenvalue weighted by Gasteiger charge is 2.28. The molecule has 0 saturated heterocycles. The predicted molar refractivity (Wildman–Crippen MR) is 93.8 cm³/mol. The summed E-state index contributed by atoms with van der Waals surface area (Å²) in [7, 11) is 0. The molecule has 2 rings (SSSR count). The van der Waals surface area contributed by atoms with E-state index in [0.29, 0.717) is 0 Å². The molecule has 0 unspecified atom stereocenters. The molecule has 0 bridgehead atoms. The third-order valence-corrected chi connectivity index (χ3v) is 5.00. The van der Waals surface area contributed by atoms with Crippen LogP contribution in [0.5, 0.6) is 0 Å². The van der Waals surface area contributed by atoms with E-state index >= 15 is 0 Å². The van der Waals surface area contributed by atoms with Crippen LogP contribution < -0.4 is 5.32 Å². The van der Waals surface area contributed by atoms with Gasteiger partial charge in [-0.05, 0) is 64.6 Å². The molecule has 2 nitrogen and oxygen atoms in total. The highest BCUT2D eigenvalue weighted by molar-refractivity contribution is 7.11. The molecular formula is C18H32N2S. The van der Waals surface area contributed by atoms with Gasteiger partial charge < -0.3 is 5.32 Å². The molecule has 1 aromatic heterocycles. The van der Waals surface area contributed by atoms with Gasteiger partial charge in [0.15, 0.2) is 0 Å². The second kappa shape index (κ2) is 7.26. The van der Waals surface area contributed by atoms with E-state index in [0.717, 1.165) is 25.0 Å². The molecule has 3 heteroatoms. The first-order valence-corrected chi connectivity index (χ1v) is 9.22. The highest BCUT2D eigenvalue weighted by Crippen LogP contribution is 2.30. The Hall–Kier alpha value is -0.380. The molecule has 0 aromatic carbocycles. The standard InChI is InChI=1S/C18H32N2S/c1-14(2)10-11-20(15-6-7-15)13-17-9-8-16(21-17)12-19-18(3,4)5/h8-9,14-15,19H,6-7,10-13H2,1-5H3. The van der Waals surface area contributed by atoms with Gasteiger partial charge in [-0.2, -0.15) is 0 Å². The summed E-state index contributed by atoms with van der Waals surface area (Å²) in [6, 6.07) is 5.49. The third kappa shape index (κ3) is 6.50.